The van der Waals surface area contributed by atoms with Crippen LogP contribution in [0.5, 0.6) is 0 Å². The second-order valence-corrected chi connectivity index (χ2v) is 7.35. The zero-order valence-corrected chi connectivity index (χ0v) is 18.2. The molecule has 1 heterocycles. The Morgan fingerprint density at radius 1 is 0.939 bits per heavy atom. The van der Waals surface area contributed by atoms with Gasteiger partial charge in [0.1, 0.15) is 5.82 Å². The minimum atomic E-state index is -4.67. The Balaban J connectivity index is 0.00000306. The Morgan fingerprint density at radius 2 is 1.61 bits per heavy atom. The standard InChI is InChI=1S/C22H15ClF4N4O.ClH/c23-17-4-2-14(10-16(17)22(25,26)27)29-21(32)30-15-3-6-20(18(24)11-15)31-8-7-12-9-13(28)1-5-19(12)31;/h1-11H,28H2,(H2,29,30,32);1H. The van der Waals surface area contributed by atoms with Crippen molar-refractivity contribution in [2.45, 2.75) is 6.18 Å². The molecule has 0 fully saturated rings. The number of nitrogens with one attached hydrogen (secondary N) is 2. The van der Waals surface area contributed by atoms with Crippen LogP contribution < -0.4 is 16.4 Å². The molecule has 1 aromatic heterocycles. The van der Waals surface area contributed by atoms with Crippen LogP contribution in [-0.2, 0) is 6.18 Å². The van der Waals surface area contributed by atoms with Crippen molar-refractivity contribution in [3.05, 3.63) is 83.3 Å². The Bertz CT molecular complexity index is 1340. The number of alkyl halides is 3. The highest BCUT2D eigenvalue weighted by Gasteiger charge is 2.33. The highest BCUT2D eigenvalue weighted by molar-refractivity contribution is 6.31. The lowest BCUT2D eigenvalue weighted by molar-refractivity contribution is -0.137. The van der Waals surface area contributed by atoms with Crippen LogP contribution in [-0.4, -0.2) is 10.6 Å². The van der Waals surface area contributed by atoms with Crippen molar-refractivity contribution < 1.29 is 22.4 Å². The molecular formula is C22H16Cl2F4N4O. The minimum absolute atomic E-state index is 0. The van der Waals surface area contributed by atoms with Crippen LogP contribution in [0.1, 0.15) is 5.56 Å². The van der Waals surface area contributed by atoms with Crippen molar-refractivity contribution >= 4 is 58.0 Å². The number of rotatable bonds is 3. The fourth-order valence-corrected chi connectivity index (χ4v) is 3.49. The molecule has 0 saturated heterocycles. The lowest BCUT2D eigenvalue weighted by atomic mass is 10.2. The van der Waals surface area contributed by atoms with E-state index in [0.717, 1.165) is 29.1 Å². The van der Waals surface area contributed by atoms with Gasteiger partial charge in [0.25, 0.3) is 0 Å². The van der Waals surface area contributed by atoms with E-state index in [0.29, 0.717) is 5.69 Å². The monoisotopic (exact) mass is 498 g/mol. The summed E-state index contributed by atoms with van der Waals surface area (Å²) in [5.74, 6) is -0.608. The lowest BCUT2D eigenvalue weighted by Gasteiger charge is -2.13. The summed E-state index contributed by atoms with van der Waals surface area (Å²) in [6, 6.07) is 13.2. The van der Waals surface area contributed by atoms with Crippen molar-refractivity contribution in [3.8, 4) is 5.69 Å². The van der Waals surface area contributed by atoms with Crippen LogP contribution in [0.15, 0.2) is 66.9 Å². The molecule has 2 amide bonds. The molecule has 0 bridgehead atoms. The summed E-state index contributed by atoms with van der Waals surface area (Å²) < 4.78 is 55.3. The maximum Gasteiger partial charge on any atom is 0.417 e. The molecule has 11 heteroatoms. The van der Waals surface area contributed by atoms with Crippen LogP contribution >= 0.6 is 24.0 Å². The van der Waals surface area contributed by atoms with Gasteiger partial charge < -0.3 is 20.9 Å². The van der Waals surface area contributed by atoms with Gasteiger partial charge in [-0.3, -0.25) is 0 Å². The van der Waals surface area contributed by atoms with Crippen LogP contribution in [0.3, 0.4) is 0 Å². The molecular weight excluding hydrogens is 483 g/mol. The molecule has 0 radical (unpaired) electrons. The molecule has 0 aliphatic rings. The van der Waals surface area contributed by atoms with E-state index in [9.17, 15) is 22.4 Å². The largest absolute Gasteiger partial charge is 0.417 e. The van der Waals surface area contributed by atoms with Crippen molar-refractivity contribution in [3.63, 3.8) is 0 Å². The Hall–Kier alpha value is -3.43. The normalized spacial score (nSPS) is 11.2. The first-order chi connectivity index (χ1) is 15.1. The van der Waals surface area contributed by atoms with Gasteiger partial charge >= 0.3 is 12.2 Å². The van der Waals surface area contributed by atoms with Gasteiger partial charge in [0, 0.05) is 28.6 Å². The summed E-state index contributed by atoms with van der Waals surface area (Å²) in [6.07, 6.45) is -2.97. The number of carbonyl (C=O) groups is 1. The van der Waals surface area contributed by atoms with E-state index in [1.165, 1.54) is 18.2 Å². The lowest BCUT2D eigenvalue weighted by Crippen LogP contribution is -2.20. The number of hydrogen-bond donors (Lipinski definition) is 3. The van der Waals surface area contributed by atoms with Crippen LogP contribution in [0.25, 0.3) is 16.6 Å². The molecule has 4 aromatic rings. The van der Waals surface area contributed by atoms with Gasteiger partial charge in [0.15, 0.2) is 0 Å². The van der Waals surface area contributed by atoms with Crippen molar-refractivity contribution in [1.29, 1.82) is 0 Å². The quantitative estimate of drug-likeness (QED) is 0.208. The molecule has 172 valence electrons. The van der Waals surface area contributed by atoms with E-state index >= 15 is 0 Å². The number of hydrogen-bond acceptors (Lipinski definition) is 2. The average molecular weight is 499 g/mol. The second-order valence-electron chi connectivity index (χ2n) is 6.94. The number of benzene rings is 3. The van der Waals surface area contributed by atoms with E-state index in [1.54, 1.807) is 35.0 Å². The minimum Gasteiger partial charge on any atom is -0.399 e. The number of halogens is 6. The SMILES string of the molecule is Cl.Nc1ccc2c(ccn2-c2ccc(NC(=O)Nc3ccc(Cl)c(C(F)(F)F)c3)cc2F)c1. The summed E-state index contributed by atoms with van der Waals surface area (Å²) in [5, 5.41) is 5.02. The number of urea groups is 1. The number of nitrogen functional groups attached to an aromatic ring is 1. The first-order valence-electron chi connectivity index (χ1n) is 9.23. The van der Waals surface area contributed by atoms with Gasteiger partial charge in [-0.05, 0) is 60.7 Å². The molecule has 33 heavy (non-hydrogen) atoms. The third-order valence-electron chi connectivity index (χ3n) is 4.71. The first-order valence-corrected chi connectivity index (χ1v) is 9.61. The van der Waals surface area contributed by atoms with E-state index < -0.39 is 28.6 Å². The Labute approximate surface area is 196 Å². The number of nitrogens with zero attached hydrogens (tertiary/aromatic N) is 1. The number of fused-ring (bicyclic) bond motifs is 1. The van der Waals surface area contributed by atoms with Gasteiger partial charge in [-0.2, -0.15) is 13.2 Å². The van der Waals surface area contributed by atoms with Gasteiger partial charge in [-0.1, -0.05) is 11.6 Å². The predicted molar refractivity (Wildman–Crippen MR) is 124 cm³/mol. The first kappa shape index (κ1) is 24.2. The van der Waals surface area contributed by atoms with E-state index in [4.69, 9.17) is 17.3 Å². The molecule has 5 nitrogen and oxygen atoms in total. The fourth-order valence-electron chi connectivity index (χ4n) is 3.26. The maximum atomic E-state index is 14.8. The van der Waals surface area contributed by atoms with E-state index in [1.807, 2.05) is 0 Å². The number of nitrogens with two attached hydrogens (primary N) is 1. The van der Waals surface area contributed by atoms with E-state index in [-0.39, 0.29) is 29.5 Å². The topological polar surface area (TPSA) is 72.1 Å². The molecule has 4 rings (SSSR count). The highest BCUT2D eigenvalue weighted by atomic mass is 35.5. The van der Waals surface area contributed by atoms with Crippen molar-refractivity contribution in [1.82, 2.24) is 4.57 Å². The third kappa shape index (κ3) is 5.15. The zero-order valence-electron chi connectivity index (χ0n) is 16.6. The summed E-state index contributed by atoms with van der Waals surface area (Å²) in [7, 11) is 0. The molecule has 0 spiro atoms. The predicted octanol–water partition coefficient (Wildman–Crippen LogP) is 7.09. The van der Waals surface area contributed by atoms with Gasteiger partial charge in [-0.15, -0.1) is 12.4 Å². The molecule has 0 saturated carbocycles. The number of amides is 2. The molecule has 3 aromatic carbocycles. The van der Waals surface area contributed by atoms with Gasteiger partial charge in [-0.25, -0.2) is 9.18 Å². The molecule has 0 atom stereocenters. The zero-order chi connectivity index (χ0) is 23.0. The number of aromatic nitrogens is 1. The Kier molecular flexibility index (Phi) is 6.76. The van der Waals surface area contributed by atoms with Crippen LogP contribution in [0.4, 0.5) is 39.4 Å². The molecule has 0 aliphatic heterocycles. The van der Waals surface area contributed by atoms with E-state index in [2.05, 4.69) is 10.6 Å². The van der Waals surface area contributed by atoms with Crippen molar-refractivity contribution in [2.75, 3.05) is 16.4 Å². The maximum absolute atomic E-state index is 14.8. The highest BCUT2D eigenvalue weighted by Crippen LogP contribution is 2.36. The summed E-state index contributed by atoms with van der Waals surface area (Å²) >= 11 is 5.57. The Morgan fingerprint density at radius 3 is 2.27 bits per heavy atom. The fraction of sp³-hybridized carbons (Fsp3) is 0.0455. The summed E-state index contributed by atoms with van der Waals surface area (Å²) in [5.41, 5.74) is 6.29. The van der Waals surface area contributed by atoms with Crippen LogP contribution in [0, 0.1) is 5.82 Å². The summed E-state index contributed by atoms with van der Waals surface area (Å²) in [6.45, 7) is 0. The number of carbonyl (C=O) groups excluding carboxylic acids is 1. The molecule has 0 unspecified atom stereocenters. The average Bonchev–Trinajstić information content (AvgIpc) is 3.11. The van der Waals surface area contributed by atoms with Crippen LogP contribution in [0.2, 0.25) is 5.02 Å². The molecule has 0 aliphatic carbocycles. The molecule has 4 N–H and O–H groups in total. The third-order valence-corrected chi connectivity index (χ3v) is 5.04. The van der Waals surface area contributed by atoms with Crippen molar-refractivity contribution in [2.24, 2.45) is 0 Å². The van der Waals surface area contributed by atoms with Gasteiger partial charge in [0.2, 0.25) is 0 Å². The van der Waals surface area contributed by atoms with Gasteiger partial charge in [0.05, 0.1) is 21.8 Å². The number of anilines is 3. The second kappa shape index (κ2) is 9.21. The summed E-state index contributed by atoms with van der Waals surface area (Å²) in [4.78, 5) is 12.2. The smallest absolute Gasteiger partial charge is 0.399 e.